The number of aromatic nitrogens is 2. The van der Waals surface area contributed by atoms with Crippen molar-refractivity contribution in [2.24, 2.45) is 0 Å². The Balaban J connectivity index is 1.93. The molecule has 1 aromatic carbocycles. The number of carbonyl (C=O) groups excluding carboxylic acids is 1. The fourth-order valence-electron chi connectivity index (χ4n) is 3.01. The lowest BCUT2D eigenvalue weighted by Crippen LogP contribution is -2.44. The number of hydrogen-bond acceptors (Lipinski definition) is 8. The Labute approximate surface area is 158 Å². The molecule has 0 radical (unpaired) electrons. The van der Waals surface area contributed by atoms with E-state index in [1.54, 1.807) is 12.1 Å². The normalized spacial score (nSPS) is 24.3. The van der Waals surface area contributed by atoms with Crippen molar-refractivity contribution >= 4 is 5.78 Å². The lowest BCUT2D eigenvalue weighted by Gasteiger charge is -2.18. The van der Waals surface area contributed by atoms with E-state index < -0.39 is 54.7 Å². The monoisotopic (exact) mass is 392 g/mol. The molecule has 0 spiro atoms. The number of aliphatic hydroxyl groups excluding tert-OH is 3. The van der Waals surface area contributed by atoms with Crippen LogP contribution in [0.2, 0.25) is 0 Å². The van der Waals surface area contributed by atoms with Gasteiger partial charge in [0.15, 0.2) is 12.0 Å². The van der Waals surface area contributed by atoms with E-state index in [1.165, 1.54) is 19.2 Å². The van der Waals surface area contributed by atoms with Crippen molar-refractivity contribution in [3.05, 3.63) is 62.9 Å². The number of nitrogens with zero attached hydrogens (tertiary/aromatic N) is 2. The maximum atomic E-state index is 12.7. The van der Waals surface area contributed by atoms with Crippen LogP contribution in [0.15, 0.2) is 46.1 Å². The van der Waals surface area contributed by atoms with Crippen LogP contribution in [-0.2, 0) is 11.3 Å². The fraction of sp³-hybridized carbons (Fsp3) is 0.389. The van der Waals surface area contributed by atoms with Gasteiger partial charge in [0.25, 0.3) is 5.56 Å². The molecule has 1 saturated heterocycles. The molecule has 0 unspecified atom stereocenters. The van der Waals surface area contributed by atoms with Crippen LogP contribution < -0.4 is 16.0 Å². The first kappa shape index (κ1) is 20.0. The van der Waals surface area contributed by atoms with Crippen LogP contribution in [0.4, 0.5) is 0 Å². The predicted octanol–water partition coefficient (Wildman–Crippen LogP) is -1.49. The third-order valence-corrected chi connectivity index (χ3v) is 4.58. The molecule has 0 saturated carbocycles. The van der Waals surface area contributed by atoms with Gasteiger partial charge in [0.05, 0.1) is 20.3 Å². The molecule has 3 N–H and O–H groups in total. The van der Waals surface area contributed by atoms with Crippen LogP contribution in [0.5, 0.6) is 5.75 Å². The summed E-state index contributed by atoms with van der Waals surface area (Å²) in [5, 5.41) is 29.1. The third-order valence-electron chi connectivity index (χ3n) is 4.58. The lowest BCUT2D eigenvalue weighted by molar-refractivity contribution is -0.0555. The maximum Gasteiger partial charge on any atom is 0.333 e. The average molecular weight is 392 g/mol. The number of aliphatic hydroxyl groups is 3. The third kappa shape index (κ3) is 3.62. The molecule has 2 aromatic rings. The van der Waals surface area contributed by atoms with Gasteiger partial charge in [-0.2, -0.15) is 0 Å². The minimum absolute atomic E-state index is 0.258. The molecule has 3 rings (SSSR count). The first-order valence-corrected chi connectivity index (χ1v) is 8.49. The number of ether oxygens (including phenoxy) is 2. The molecule has 1 aromatic heterocycles. The summed E-state index contributed by atoms with van der Waals surface area (Å²) in [4.78, 5) is 37.4. The van der Waals surface area contributed by atoms with Crippen molar-refractivity contribution in [3.63, 3.8) is 0 Å². The van der Waals surface area contributed by atoms with Crippen LogP contribution >= 0.6 is 0 Å². The van der Waals surface area contributed by atoms with E-state index in [-0.39, 0.29) is 5.56 Å². The number of methoxy groups -OCH3 is 1. The summed E-state index contributed by atoms with van der Waals surface area (Å²) < 4.78 is 12.0. The number of hydrogen-bond donors (Lipinski definition) is 3. The first-order valence-electron chi connectivity index (χ1n) is 8.49. The Bertz CT molecular complexity index is 982. The van der Waals surface area contributed by atoms with Crippen LogP contribution in [0, 0.1) is 0 Å². The minimum atomic E-state index is -1.49. The van der Waals surface area contributed by atoms with Gasteiger partial charge in [-0.3, -0.25) is 18.7 Å². The van der Waals surface area contributed by atoms with E-state index in [4.69, 9.17) is 9.47 Å². The molecule has 1 aliphatic rings. The maximum absolute atomic E-state index is 12.7. The standard InChI is InChI=1S/C18H20N2O8/c1-27-11-4-2-3-10(7-11)12(22)8-20-14(23)5-6-19(18(20)26)17-16(25)15(24)13(9-21)28-17/h2-7,13,15-17,21,24-25H,8-9H2,1H3/t13-,15-,16-,17-/m1/s1. The zero-order valence-electron chi connectivity index (χ0n) is 15.0. The summed E-state index contributed by atoms with van der Waals surface area (Å²) in [6.07, 6.45) is -4.17. The molecule has 10 nitrogen and oxygen atoms in total. The smallest absolute Gasteiger partial charge is 0.333 e. The molecule has 28 heavy (non-hydrogen) atoms. The van der Waals surface area contributed by atoms with Gasteiger partial charge in [-0.15, -0.1) is 0 Å². The molecule has 4 atom stereocenters. The van der Waals surface area contributed by atoms with Gasteiger partial charge in [-0.25, -0.2) is 4.79 Å². The predicted molar refractivity (Wildman–Crippen MR) is 95.3 cm³/mol. The van der Waals surface area contributed by atoms with E-state index >= 15 is 0 Å². The van der Waals surface area contributed by atoms with Crippen molar-refractivity contribution < 1.29 is 29.6 Å². The molecule has 0 aliphatic carbocycles. The zero-order valence-corrected chi connectivity index (χ0v) is 15.0. The average Bonchev–Trinajstić information content (AvgIpc) is 2.99. The lowest BCUT2D eigenvalue weighted by atomic mass is 10.1. The van der Waals surface area contributed by atoms with Crippen molar-refractivity contribution in [1.82, 2.24) is 9.13 Å². The largest absolute Gasteiger partial charge is 0.497 e. The fourth-order valence-corrected chi connectivity index (χ4v) is 3.01. The van der Waals surface area contributed by atoms with Gasteiger partial charge in [0, 0.05) is 17.8 Å². The van der Waals surface area contributed by atoms with Crippen LogP contribution in [-0.4, -0.2) is 62.3 Å². The molecular weight excluding hydrogens is 372 g/mol. The van der Waals surface area contributed by atoms with Crippen molar-refractivity contribution in [3.8, 4) is 5.75 Å². The highest BCUT2D eigenvalue weighted by Crippen LogP contribution is 2.27. The van der Waals surface area contributed by atoms with Crippen molar-refractivity contribution in [2.75, 3.05) is 13.7 Å². The minimum Gasteiger partial charge on any atom is -0.497 e. The zero-order chi connectivity index (χ0) is 20.4. The van der Waals surface area contributed by atoms with E-state index in [0.29, 0.717) is 10.3 Å². The summed E-state index contributed by atoms with van der Waals surface area (Å²) in [5.74, 6) is -0.0350. The highest BCUT2D eigenvalue weighted by Gasteiger charge is 2.43. The molecule has 0 bridgehead atoms. The molecule has 1 fully saturated rings. The summed E-state index contributed by atoms with van der Waals surface area (Å²) in [6.45, 7) is -1.09. The van der Waals surface area contributed by atoms with Gasteiger partial charge in [0.1, 0.15) is 24.1 Å². The molecule has 0 amide bonds. The Hall–Kier alpha value is -2.79. The second-order valence-corrected chi connectivity index (χ2v) is 6.31. The molecule has 10 heteroatoms. The second-order valence-electron chi connectivity index (χ2n) is 6.31. The summed E-state index contributed by atoms with van der Waals surface area (Å²) in [6, 6.07) is 7.33. The molecular formula is C18H20N2O8. The SMILES string of the molecule is COc1cccc(C(=O)Cn2c(=O)ccn([C@@H]3O[C@H](CO)[C@@H](O)[C@H]3O)c2=O)c1. The Morgan fingerprint density at radius 2 is 1.96 bits per heavy atom. The van der Waals surface area contributed by atoms with Crippen LogP contribution in [0.3, 0.4) is 0 Å². The van der Waals surface area contributed by atoms with Crippen LogP contribution in [0.25, 0.3) is 0 Å². The molecule has 2 heterocycles. The highest BCUT2D eigenvalue weighted by atomic mass is 16.6. The van der Waals surface area contributed by atoms with E-state index in [9.17, 15) is 29.7 Å². The summed E-state index contributed by atoms with van der Waals surface area (Å²) >= 11 is 0. The number of carbonyl (C=O) groups is 1. The second kappa shape index (κ2) is 8.07. The van der Waals surface area contributed by atoms with Gasteiger partial charge in [-0.05, 0) is 12.1 Å². The van der Waals surface area contributed by atoms with Crippen LogP contribution in [0.1, 0.15) is 16.6 Å². The quantitative estimate of drug-likeness (QED) is 0.505. The van der Waals surface area contributed by atoms with E-state index in [0.717, 1.165) is 16.8 Å². The Morgan fingerprint density at radius 3 is 2.61 bits per heavy atom. The summed E-state index contributed by atoms with van der Waals surface area (Å²) in [5.41, 5.74) is -1.34. The topological polar surface area (TPSA) is 140 Å². The van der Waals surface area contributed by atoms with Gasteiger partial charge < -0.3 is 24.8 Å². The van der Waals surface area contributed by atoms with E-state index in [1.807, 2.05) is 0 Å². The number of Topliss-reactive ketones (excluding diaryl/α,β-unsaturated/α-hetero) is 1. The number of rotatable bonds is 6. The van der Waals surface area contributed by atoms with Gasteiger partial charge in [-0.1, -0.05) is 12.1 Å². The van der Waals surface area contributed by atoms with Crippen molar-refractivity contribution in [2.45, 2.75) is 31.1 Å². The Kier molecular flexibility index (Phi) is 5.75. The van der Waals surface area contributed by atoms with E-state index in [2.05, 4.69) is 0 Å². The number of benzene rings is 1. The molecule has 1 aliphatic heterocycles. The highest BCUT2D eigenvalue weighted by molar-refractivity contribution is 5.96. The molecule has 150 valence electrons. The van der Waals surface area contributed by atoms with Crippen molar-refractivity contribution in [1.29, 1.82) is 0 Å². The van der Waals surface area contributed by atoms with Gasteiger partial charge >= 0.3 is 5.69 Å². The van der Waals surface area contributed by atoms with Gasteiger partial charge in [0.2, 0.25) is 0 Å². The number of ketones is 1. The Morgan fingerprint density at radius 1 is 1.21 bits per heavy atom. The first-order chi connectivity index (χ1) is 13.4. The summed E-state index contributed by atoms with van der Waals surface area (Å²) in [7, 11) is 1.45.